The molecule has 0 aliphatic rings. The summed E-state index contributed by atoms with van der Waals surface area (Å²) in [6, 6.07) is 8.27. The number of aromatic nitrogens is 2. The standard InChI is InChI=1S/C16H11F2N3OS/c1-9-14(23-16(20-9)12-4-2-3-7-19-12)15(22)21-13-8-10(17)5-6-11(13)18/h2-8H,1H3,(H,21,22). The molecule has 116 valence electrons. The first-order valence-electron chi connectivity index (χ1n) is 6.70. The number of benzene rings is 1. The van der Waals surface area contributed by atoms with E-state index in [0.717, 1.165) is 29.5 Å². The molecule has 0 bridgehead atoms. The number of aryl methyl sites for hydroxylation is 1. The number of nitrogens with zero attached hydrogens (tertiary/aromatic N) is 2. The summed E-state index contributed by atoms with van der Waals surface area (Å²) in [6.45, 7) is 1.68. The lowest BCUT2D eigenvalue weighted by Gasteiger charge is -2.05. The van der Waals surface area contributed by atoms with Crippen molar-refractivity contribution >= 4 is 22.9 Å². The van der Waals surface area contributed by atoms with Gasteiger partial charge in [-0.2, -0.15) is 0 Å². The number of anilines is 1. The van der Waals surface area contributed by atoms with Crippen molar-refractivity contribution in [2.45, 2.75) is 6.92 Å². The van der Waals surface area contributed by atoms with Crippen molar-refractivity contribution in [3.8, 4) is 10.7 Å². The molecule has 2 aromatic heterocycles. The van der Waals surface area contributed by atoms with Crippen LogP contribution in [0.2, 0.25) is 0 Å². The Hall–Kier alpha value is -2.67. The van der Waals surface area contributed by atoms with Crippen molar-refractivity contribution in [1.29, 1.82) is 0 Å². The van der Waals surface area contributed by atoms with Crippen LogP contribution in [-0.2, 0) is 0 Å². The number of amides is 1. The largest absolute Gasteiger partial charge is 0.319 e. The second kappa shape index (κ2) is 6.21. The summed E-state index contributed by atoms with van der Waals surface area (Å²) >= 11 is 1.15. The number of carbonyl (C=O) groups is 1. The molecule has 1 aromatic carbocycles. The summed E-state index contributed by atoms with van der Waals surface area (Å²) in [5.41, 5.74) is 0.948. The Morgan fingerprint density at radius 2 is 2.04 bits per heavy atom. The molecule has 0 saturated carbocycles. The van der Waals surface area contributed by atoms with E-state index in [4.69, 9.17) is 0 Å². The summed E-state index contributed by atoms with van der Waals surface area (Å²) < 4.78 is 26.8. The predicted molar refractivity (Wildman–Crippen MR) is 84.4 cm³/mol. The molecule has 0 saturated heterocycles. The molecule has 0 fully saturated rings. The Kier molecular flexibility index (Phi) is 4.12. The maximum absolute atomic E-state index is 13.6. The van der Waals surface area contributed by atoms with Gasteiger partial charge in [0.15, 0.2) is 0 Å². The number of carbonyl (C=O) groups excluding carboxylic acids is 1. The Morgan fingerprint density at radius 1 is 1.22 bits per heavy atom. The quantitative estimate of drug-likeness (QED) is 0.788. The van der Waals surface area contributed by atoms with Crippen molar-refractivity contribution in [3.63, 3.8) is 0 Å². The smallest absolute Gasteiger partial charge is 0.267 e. The van der Waals surface area contributed by atoms with Crippen LogP contribution in [0.4, 0.5) is 14.5 Å². The van der Waals surface area contributed by atoms with Gasteiger partial charge in [0.05, 0.1) is 17.1 Å². The van der Waals surface area contributed by atoms with Crippen molar-refractivity contribution in [2.24, 2.45) is 0 Å². The van der Waals surface area contributed by atoms with E-state index in [0.29, 0.717) is 21.3 Å². The molecule has 2 heterocycles. The van der Waals surface area contributed by atoms with Gasteiger partial charge in [-0.15, -0.1) is 11.3 Å². The van der Waals surface area contributed by atoms with Crippen LogP contribution >= 0.6 is 11.3 Å². The van der Waals surface area contributed by atoms with Gasteiger partial charge in [0.25, 0.3) is 5.91 Å². The van der Waals surface area contributed by atoms with E-state index in [2.05, 4.69) is 15.3 Å². The highest BCUT2D eigenvalue weighted by Crippen LogP contribution is 2.27. The first-order valence-corrected chi connectivity index (χ1v) is 7.51. The van der Waals surface area contributed by atoms with E-state index in [1.807, 2.05) is 6.07 Å². The molecule has 23 heavy (non-hydrogen) atoms. The van der Waals surface area contributed by atoms with Gasteiger partial charge in [0, 0.05) is 12.3 Å². The molecule has 0 aliphatic heterocycles. The lowest BCUT2D eigenvalue weighted by Crippen LogP contribution is -2.12. The van der Waals surface area contributed by atoms with Gasteiger partial charge >= 0.3 is 0 Å². The third kappa shape index (κ3) is 3.24. The van der Waals surface area contributed by atoms with Crippen molar-refractivity contribution in [3.05, 3.63) is 64.8 Å². The van der Waals surface area contributed by atoms with Crippen LogP contribution in [0.3, 0.4) is 0 Å². The highest BCUT2D eigenvalue weighted by atomic mass is 32.1. The van der Waals surface area contributed by atoms with Crippen molar-refractivity contribution in [2.75, 3.05) is 5.32 Å². The molecule has 0 radical (unpaired) electrons. The van der Waals surface area contributed by atoms with Gasteiger partial charge in [-0.1, -0.05) is 6.07 Å². The first kappa shape index (κ1) is 15.2. The fourth-order valence-corrected chi connectivity index (χ4v) is 2.92. The minimum Gasteiger partial charge on any atom is -0.319 e. The number of halogens is 2. The summed E-state index contributed by atoms with van der Waals surface area (Å²) in [5.74, 6) is -1.87. The van der Waals surface area contributed by atoms with Gasteiger partial charge < -0.3 is 5.32 Å². The van der Waals surface area contributed by atoms with Crippen LogP contribution < -0.4 is 5.32 Å². The fourth-order valence-electron chi connectivity index (χ4n) is 1.98. The number of thiazole rings is 1. The zero-order valence-electron chi connectivity index (χ0n) is 12.0. The molecule has 0 aliphatic carbocycles. The maximum atomic E-state index is 13.6. The van der Waals surface area contributed by atoms with Crippen LogP contribution in [0.1, 0.15) is 15.4 Å². The Morgan fingerprint density at radius 3 is 2.78 bits per heavy atom. The van der Waals surface area contributed by atoms with E-state index < -0.39 is 17.5 Å². The van der Waals surface area contributed by atoms with Crippen LogP contribution in [-0.4, -0.2) is 15.9 Å². The SMILES string of the molecule is Cc1nc(-c2ccccn2)sc1C(=O)Nc1cc(F)ccc1F. The Bertz CT molecular complexity index is 865. The molecule has 1 N–H and O–H groups in total. The number of nitrogens with one attached hydrogen (secondary N) is 1. The first-order chi connectivity index (χ1) is 11.0. The Balaban J connectivity index is 1.88. The zero-order chi connectivity index (χ0) is 16.4. The average molecular weight is 331 g/mol. The van der Waals surface area contributed by atoms with Gasteiger partial charge in [0.1, 0.15) is 21.5 Å². The normalized spacial score (nSPS) is 10.6. The minimum absolute atomic E-state index is 0.206. The van der Waals surface area contributed by atoms with Crippen LogP contribution in [0.15, 0.2) is 42.6 Å². The molecule has 7 heteroatoms. The molecular weight excluding hydrogens is 320 g/mol. The highest BCUT2D eigenvalue weighted by Gasteiger charge is 2.18. The predicted octanol–water partition coefficient (Wildman–Crippen LogP) is 4.04. The summed E-state index contributed by atoms with van der Waals surface area (Å²) in [6.07, 6.45) is 1.63. The number of hydrogen-bond donors (Lipinski definition) is 1. The monoisotopic (exact) mass is 331 g/mol. The van der Waals surface area contributed by atoms with E-state index in [9.17, 15) is 13.6 Å². The average Bonchev–Trinajstić information content (AvgIpc) is 2.94. The fraction of sp³-hybridized carbons (Fsp3) is 0.0625. The van der Waals surface area contributed by atoms with Gasteiger partial charge in [-0.25, -0.2) is 13.8 Å². The van der Waals surface area contributed by atoms with Gasteiger partial charge in [0.2, 0.25) is 0 Å². The summed E-state index contributed by atoms with van der Waals surface area (Å²) in [4.78, 5) is 21.1. The lowest BCUT2D eigenvalue weighted by molar-refractivity contribution is 0.102. The Labute approximate surface area is 134 Å². The third-order valence-corrected chi connectivity index (χ3v) is 4.24. The van der Waals surface area contributed by atoms with Crippen LogP contribution in [0.25, 0.3) is 10.7 Å². The molecular formula is C16H11F2N3OS. The van der Waals surface area contributed by atoms with Gasteiger partial charge in [-0.3, -0.25) is 9.78 Å². The van der Waals surface area contributed by atoms with Crippen LogP contribution in [0, 0.1) is 18.6 Å². The van der Waals surface area contributed by atoms with Crippen molar-refractivity contribution in [1.82, 2.24) is 9.97 Å². The maximum Gasteiger partial charge on any atom is 0.267 e. The molecule has 0 atom stereocenters. The third-order valence-electron chi connectivity index (χ3n) is 3.06. The number of rotatable bonds is 3. The molecule has 3 rings (SSSR count). The molecule has 3 aromatic rings. The lowest BCUT2D eigenvalue weighted by atomic mass is 10.3. The highest BCUT2D eigenvalue weighted by molar-refractivity contribution is 7.17. The molecule has 0 unspecified atom stereocenters. The molecule has 4 nitrogen and oxygen atoms in total. The minimum atomic E-state index is -0.702. The second-order valence-electron chi connectivity index (χ2n) is 4.73. The van der Waals surface area contributed by atoms with Crippen LogP contribution in [0.5, 0.6) is 0 Å². The molecule has 0 spiro atoms. The molecule has 1 amide bonds. The second-order valence-corrected chi connectivity index (χ2v) is 5.73. The number of hydrogen-bond acceptors (Lipinski definition) is 4. The summed E-state index contributed by atoms with van der Waals surface area (Å²) in [5, 5.41) is 2.96. The summed E-state index contributed by atoms with van der Waals surface area (Å²) in [7, 11) is 0. The van der Waals surface area contributed by atoms with E-state index in [1.54, 1.807) is 25.3 Å². The van der Waals surface area contributed by atoms with Crippen molar-refractivity contribution < 1.29 is 13.6 Å². The van der Waals surface area contributed by atoms with E-state index in [1.165, 1.54) is 0 Å². The van der Waals surface area contributed by atoms with Gasteiger partial charge in [-0.05, 0) is 31.2 Å². The topological polar surface area (TPSA) is 54.9 Å². The zero-order valence-corrected chi connectivity index (χ0v) is 12.8. The van der Waals surface area contributed by atoms with E-state index >= 15 is 0 Å². The number of pyridine rings is 1. The van der Waals surface area contributed by atoms with E-state index in [-0.39, 0.29) is 5.69 Å².